The Kier molecular flexibility index (Phi) is 5.29. The number of carbonyl (C=O) groups excluding carboxylic acids is 2. The van der Waals surface area contributed by atoms with Crippen LogP contribution in [-0.4, -0.2) is 23.4 Å². The molecule has 5 nitrogen and oxygen atoms in total. The molecule has 0 spiro atoms. The molecule has 0 saturated heterocycles. The Hall–Kier alpha value is -3.60. The van der Waals surface area contributed by atoms with E-state index in [1.165, 1.54) is 23.6 Å². The summed E-state index contributed by atoms with van der Waals surface area (Å²) >= 11 is 0. The van der Waals surface area contributed by atoms with Gasteiger partial charge in [0.15, 0.2) is 0 Å². The van der Waals surface area contributed by atoms with E-state index in [1.807, 2.05) is 29.2 Å². The number of anilines is 2. The van der Waals surface area contributed by atoms with E-state index in [1.54, 1.807) is 24.3 Å². The maximum Gasteiger partial charge on any atom is 0.322 e. The molecule has 0 aliphatic carbocycles. The fourth-order valence-electron chi connectivity index (χ4n) is 3.77. The molecule has 1 aliphatic rings. The lowest BCUT2D eigenvalue weighted by Crippen LogP contribution is -2.41. The highest BCUT2D eigenvalue weighted by Crippen LogP contribution is 2.33. The van der Waals surface area contributed by atoms with Crippen LogP contribution in [0.25, 0.3) is 0 Å². The zero-order chi connectivity index (χ0) is 20.2. The molecular formula is C24H23N3O2. The fraction of sp³-hybridized carbons (Fsp3) is 0.167. The zero-order valence-electron chi connectivity index (χ0n) is 16.3. The standard InChI is InChI=1S/C24H23N3O2/c1-17(28)25-20-11-13-21(14-12-20)26-24(29)27-15-19-9-5-6-10-22(19)23(16-27)18-7-3-2-4-8-18/h2-14,23H,15-16H2,1H3,(H,25,28)(H,26,29). The zero-order valence-corrected chi connectivity index (χ0v) is 16.3. The molecule has 1 unspecified atom stereocenters. The number of nitrogens with zero attached hydrogens (tertiary/aromatic N) is 1. The van der Waals surface area contributed by atoms with E-state index < -0.39 is 0 Å². The van der Waals surface area contributed by atoms with Gasteiger partial charge in [0.2, 0.25) is 5.91 Å². The van der Waals surface area contributed by atoms with Crippen molar-refractivity contribution in [2.75, 3.05) is 17.2 Å². The van der Waals surface area contributed by atoms with Crippen molar-refractivity contribution < 1.29 is 9.59 Å². The van der Waals surface area contributed by atoms with Crippen molar-refractivity contribution in [3.05, 3.63) is 95.6 Å². The normalized spacial score (nSPS) is 15.3. The average molecular weight is 385 g/mol. The Bertz CT molecular complexity index is 1020. The van der Waals surface area contributed by atoms with Gasteiger partial charge in [-0.2, -0.15) is 0 Å². The summed E-state index contributed by atoms with van der Waals surface area (Å²) in [7, 11) is 0. The van der Waals surface area contributed by atoms with E-state index in [9.17, 15) is 9.59 Å². The number of amides is 3. The summed E-state index contributed by atoms with van der Waals surface area (Å²) in [6, 6.07) is 25.6. The molecule has 0 bridgehead atoms. The molecule has 0 fully saturated rings. The number of fused-ring (bicyclic) bond motifs is 1. The Morgan fingerprint density at radius 2 is 1.45 bits per heavy atom. The summed E-state index contributed by atoms with van der Waals surface area (Å²) in [5.74, 6) is 0.0229. The fourth-order valence-corrected chi connectivity index (χ4v) is 3.77. The molecule has 4 rings (SSSR count). The third kappa shape index (κ3) is 4.29. The van der Waals surface area contributed by atoms with Gasteiger partial charge in [-0.15, -0.1) is 0 Å². The lowest BCUT2D eigenvalue weighted by molar-refractivity contribution is -0.114. The van der Waals surface area contributed by atoms with Crippen molar-refractivity contribution in [1.29, 1.82) is 0 Å². The molecule has 1 heterocycles. The number of hydrogen-bond donors (Lipinski definition) is 2. The van der Waals surface area contributed by atoms with Gasteiger partial charge in [-0.1, -0.05) is 54.6 Å². The molecule has 1 atom stereocenters. The van der Waals surface area contributed by atoms with Crippen LogP contribution in [-0.2, 0) is 11.3 Å². The average Bonchev–Trinajstić information content (AvgIpc) is 2.74. The SMILES string of the molecule is CC(=O)Nc1ccc(NC(=O)N2Cc3ccccc3C(c3ccccc3)C2)cc1. The van der Waals surface area contributed by atoms with Crippen LogP contribution in [0.5, 0.6) is 0 Å². The van der Waals surface area contributed by atoms with E-state index >= 15 is 0 Å². The summed E-state index contributed by atoms with van der Waals surface area (Å²) in [6.45, 7) is 2.67. The molecular weight excluding hydrogens is 362 g/mol. The van der Waals surface area contributed by atoms with Gasteiger partial charge >= 0.3 is 6.03 Å². The van der Waals surface area contributed by atoms with E-state index in [2.05, 4.69) is 41.0 Å². The van der Waals surface area contributed by atoms with E-state index in [4.69, 9.17) is 0 Å². The van der Waals surface area contributed by atoms with Crippen LogP contribution in [0.4, 0.5) is 16.2 Å². The highest BCUT2D eigenvalue weighted by atomic mass is 16.2. The monoisotopic (exact) mass is 385 g/mol. The molecule has 146 valence electrons. The van der Waals surface area contributed by atoms with Gasteiger partial charge in [0.25, 0.3) is 0 Å². The molecule has 3 aromatic rings. The minimum Gasteiger partial charge on any atom is -0.326 e. The number of rotatable bonds is 3. The van der Waals surface area contributed by atoms with Crippen molar-refractivity contribution in [1.82, 2.24) is 4.90 Å². The van der Waals surface area contributed by atoms with Gasteiger partial charge in [-0.25, -0.2) is 4.79 Å². The lowest BCUT2D eigenvalue weighted by Gasteiger charge is -2.35. The lowest BCUT2D eigenvalue weighted by atomic mass is 9.85. The second-order valence-electron chi connectivity index (χ2n) is 7.23. The van der Waals surface area contributed by atoms with Crippen molar-refractivity contribution >= 4 is 23.3 Å². The molecule has 3 aromatic carbocycles. The Balaban J connectivity index is 1.53. The van der Waals surface area contributed by atoms with Crippen LogP contribution in [0.1, 0.15) is 29.5 Å². The number of nitrogens with one attached hydrogen (secondary N) is 2. The van der Waals surface area contributed by atoms with Gasteiger partial charge in [-0.05, 0) is 41.0 Å². The van der Waals surface area contributed by atoms with Crippen LogP contribution in [0.2, 0.25) is 0 Å². The van der Waals surface area contributed by atoms with Crippen LogP contribution in [0.3, 0.4) is 0 Å². The van der Waals surface area contributed by atoms with Crippen molar-refractivity contribution in [3.8, 4) is 0 Å². The Labute approximate surface area is 170 Å². The minimum absolute atomic E-state index is 0.124. The van der Waals surface area contributed by atoms with Crippen molar-refractivity contribution in [2.24, 2.45) is 0 Å². The number of benzene rings is 3. The van der Waals surface area contributed by atoms with Crippen LogP contribution < -0.4 is 10.6 Å². The number of hydrogen-bond acceptors (Lipinski definition) is 2. The second-order valence-corrected chi connectivity index (χ2v) is 7.23. The van der Waals surface area contributed by atoms with Gasteiger partial charge in [-0.3, -0.25) is 4.79 Å². The molecule has 0 aromatic heterocycles. The van der Waals surface area contributed by atoms with Gasteiger partial charge in [0.1, 0.15) is 0 Å². The highest BCUT2D eigenvalue weighted by molar-refractivity contribution is 5.91. The molecule has 0 saturated carbocycles. The largest absolute Gasteiger partial charge is 0.326 e. The summed E-state index contributed by atoms with van der Waals surface area (Å²) < 4.78 is 0. The Morgan fingerprint density at radius 3 is 2.14 bits per heavy atom. The molecule has 5 heteroatoms. The van der Waals surface area contributed by atoms with Gasteiger partial charge in [0, 0.05) is 37.3 Å². The van der Waals surface area contributed by atoms with Crippen LogP contribution in [0, 0.1) is 0 Å². The third-order valence-corrected chi connectivity index (χ3v) is 5.14. The molecule has 29 heavy (non-hydrogen) atoms. The summed E-state index contributed by atoms with van der Waals surface area (Å²) in [4.78, 5) is 26.0. The van der Waals surface area contributed by atoms with E-state index in [0.29, 0.717) is 24.5 Å². The number of urea groups is 1. The van der Waals surface area contributed by atoms with Gasteiger partial charge < -0.3 is 15.5 Å². The molecule has 1 aliphatic heterocycles. The second kappa shape index (κ2) is 8.19. The van der Waals surface area contributed by atoms with Crippen LogP contribution in [0.15, 0.2) is 78.9 Å². The third-order valence-electron chi connectivity index (χ3n) is 5.14. The molecule has 0 radical (unpaired) electrons. The Morgan fingerprint density at radius 1 is 0.828 bits per heavy atom. The first-order valence-electron chi connectivity index (χ1n) is 9.66. The maximum absolute atomic E-state index is 13.0. The van der Waals surface area contributed by atoms with Crippen molar-refractivity contribution in [3.63, 3.8) is 0 Å². The van der Waals surface area contributed by atoms with Crippen LogP contribution >= 0.6 is 0 Å². The predicted molar refractivity (Wildman–Crippen MR) is 115 cm³/mol. The van der Waals surface area contributed by atoms with E-state index in [-0.39, 0.29) is 17.9 Å². The molecule has 3 amide bonds. The topological polar surface area (TPSA) is 61.4 Å². The predicted octanol–water partition coefficient (Wildman–Crippen LogP) is 4.82. The first kappa shape index (κ1) is 18.7. The smallest absolute Gasteiger partial charge is 0.322 e. The number of carbonyl (C=O) groups is 2. The van der Waals surface area contributed by atoms with Gasteiger partial charge in [0.05, 0.1) is 0 Å². The first-order chi connectivity index (χ1) is 14.1. The van der Waals surface area contributed by atoms with E-state index in [0.717, 1.165) is 0 Å². The van der Waals surface area contributed by atoms with Crippen molar-refractivity contribution in [2.45, 2.75) is 19.4 Å². The first-order valence-corrected chi connectivity index (χ1v) is 9.66. The highest BCUT2D eigenvalue weighted by Gasteiger charge is 2.29. The maximum atomic E-state index is 13.0. The quantitative estimate of drug-likeness (QED) is 0.679. The minimum atomic E-state index is -0.132. The molecule has 2 N–H and O–H groups in total. The summed E-state index contributed by atoms with van der Waals surface area (Å²) in [6.07, 6.45) is 0. The summed E-state index contributed by atoms with van der Waals surface area (Å²) in [5, 5.41) is 5.69. The summed E-state index contributed by atoms with van der Waals surface area (Å²) in [5.41, 5.74) is 5.05.